The van der Waals surface area contributed by atoms with Gasteiger partial charge < -0.3 is 0 Å². The number of carbonyl (C=O) groups excluding carboxylic acids is 1. The van der Waals surface area contributed by atoms with Gasteiger partial charge in [0, 0.05) is 17.0 Å². The maximum Gasteiger partial charge on any atom is 0.175 e. The van der Waals surface area contributed by atoms with Gasteiger partial charge in [-0.3, -0.25) is 9.78 Å². The van der Waals surface area contributed by atoms with Crippen molar-refractivity contribution in [3.63, 3.8) is 0 Å². The second kappa shape index (κ2) is 7.59. The van der Waals surface area contributed by atoms with Crippen LogP contribution in [0.2, 0.25) is 0 Å². The standard InChI is InChI=1S/C18H13NOS3.HI/c20-16-9-18(21)23-17(16)8-14-7-13(10-22-14)11-3-4-15-12(6-11)2-1-5-19-15;/h1-2,4-8,10-11H,3,9H2;1H/b17-8-;. The van der Waals surface area contributed by atoms with Crippen molar-refractivity contribution in [2.45, 2.75) is 18.8 Å². The number of rotatable bonds is 2. The van der Waals surface area contributed by atoms with Crippen LogP contribution in [0.1, 0.15) is 29.2 Å². The van der Waals surface area contributed by atoms with Crippen molar-refractivity contribution < 1.29 is 4.79 Å². The van der Waals surface area contributed by atoms with Gasteiger partial charge in [0.1, 0.15) is 0 Å². The fourth-order valence-corrected chi connectivity index (χ4v) is 5.01. The molecular formula is C18H14INOS3. The molecule has 4 rings (SSSR count). The number of nitrogens with zero attached hydrogens (tertiary/aromatic N) is 1. The predicted octanol–water partition coefficient (Wildman–Crippen LogP) is 3.88. The summed E-state index contributed by atoms with van der Waals surface area (Å²) >= 11 is 8.24. The van der Waals surface area contributed by atoms with Crippen molar-refractivity contribution in [1.82, 2.24) is 4.98 Å². The molecule has 24 heavy (non-hydrogen) atoms. The molecule has 2 aliphatic rings. The monoisotopic (exact) mass is 483 g/mol. The van der Waals surface area contributed by atoms with Gasteiger partial charge in [0.15, 0.2) is 5.78 Å². The minimum atomic E-state index is 0. The van der Waals surface area contributed by atoms with Gasteiger partial charge >= 0.3 is 0 Å². The van der Waals surface area contributed by atoms with Gasteiger partial charge in [0.2, 0.25) is 0 Å². The summed E-state index contributed by atoms with van der Waals surface area (Å²) in [6.45, 7) is 0. The molecule has 0 bridgehead atoms. The van der Waals surface area contributed by atoms with E-state index in [4.69, 9.17) is 12.2 Å². The zero-order valence-electron chi connectivity index (χ0n) is 12.6. The molecular weight excluding hydrogens is 469 g/mol. The predicted molar refractivity (Wildman–Crippen MR) is 117 cm³/mol. The minimum Gasteiger partial charge on any atom is -0.293 e. The maximum absolute atomic E-state index is 11.8. The van der Waals surface area contributed by atoms with Gasteiger partial charge in [0.25, 0.3) is 0 Å². The van der Waals surface area contributed by atoms with Crippen LogP contribution >= 0.6 is 59.3 Å². The molecule has 0 aromatic carbocycles. The number of hydrogen-bond acceptors (Lipinski definition) is 5. The lowest BCUT2D eigenvalue weighted by Crippen LogP contribution is -2.30. The number of Topliss-reactive ketones (excluding diaryl/α,β-unsaturated/α-hetero) is 1. The fourth-order valence-electron chi connectivity index (χ4n) is 2.81. The van der Waals surface area contributed by atoms with Crippen LogP contribution in [0.5, 0.6) is 0 Å². The molecule has 3 heterocycles. The SMILES string of the molecule is I.O=C1CC(=S)S/C1=C\c1cc(C2C=c3cccnc3=CC2)cs1. The van der Waals surface area contributed by atoms with E-state index in [1.54, 1.807) is 11.3 Å². The Labute approximate surface area is 170 Å². The van der Waals surface area contributed by atoms with Crippen LogP contribution in [0.15, 0.2) is 34.7 Å². The highest BCUT2D eigenvalue weighted by molar-refractivity contribution is 14.0. The number of allylic oxidation sites excluding steroid dienone is 1. The van der Waals surface area contributed by atoms with Crippen LogP contribution in [0, 0.1) is 0 Å². The molecule has 1 aliphatic carbocycles. The Kier molecular flexibility index (Phi) is 5.69. The van der Waals surface area contributed by atoms with E-state index in [0.717, 1.165) is 25.7 Å². The van der Waals surface area contributed by atoms with Crippen LogP contribution in [0.4, 0.5) is 0 Å². The Morgan fingerprint density at radius 3 is 3.04 bits per heavy atom. The van der Waals surface area contributed by atoms with Gasteiger partial charge in [-0.25, -0.2) is 0 Å². The van der Waals surface area contributed by atoms with E-state index in [-0.39, 0.29) is 29.8 Å². The number of fused-ring (bicyclic) bond motifs is 1. The van der Waals surface area contributed by atoms with Gasteiger partial charge in [-0.1, -0.05) is 42.2 Å². The Morgan fingerprint density at radius 2 is 2.25 bits per heavy atom. The molecule has 1 aliphatic heterocycles. The van der Waals surface area contributed by atoms with Crippen LogP contribution in [-0.2, 0) is 4.79 Å². The van der Waals surface area contributed by atoms with Crippen molar-refractivity contribution in [3.05, 3.63) is 55.7 Å². The van der Waals surface area contributed by atoms with Crippen LogP contribution in [0.25, 0.3) is 18.2 Å². The van der Waals surface area contributed by atoms with Gasteiger partial charge in [-0.05, 0) is 40.8 Å². The first-order chi connectivity index (χ1) is 11.2. The number of carbonyl (C=O) groups is 1. The molecule has 2 aromatic rings. The van der Waals surface area contributed by atoms with Crippen molar-refractivity contribution in [2.24, 2.45) is 0 Å². The summed E-state index contributed by atoms with van der Waals surface area (Å²) in [5, 5.41) is 4.45. The normalized spacial score (nSPS) is 21.0. The second-order valence-electron chi connectivity index (χ2n) is 5.56. The zero-order chi connectivity index (χ0) is 15.8. The Balaban J connectivity index is 0.00000169. The molecule has 1 atom stereocenters. The third-order valence-corrected chi connectivity index (χ3v) is 6.19. The van der Waals surface area contributed by atoms with Crippen molar-refractivity contribution >= 4 is 87.5 Å². The molecule has 1 fully saturated rings. The maximum atomic E-state index is 11.8. The number of thioether (sulfide) groups is 1. The highest BCUT2D eigenvalue weighted by Gasteiger charge is 2.23. The summed E-state index contributed by atoms with van der Waals surface area (Å²) in [4.78, 5) is 18.1. The molecule has 2 nitrogen and oxygen atoms in total. The molecule has 1 unspecified atom stereocenters. The number of halogens is 1. The highest BCUT2D eigenvalue weighted by atomic mass is 127. The van der Waals surface area contributed by atoms with Crippen molar-refractivity contribution in [1.29, 1.82) is 0 Å². The summed E-state index contributed by atoms with van der Waals surface area (Å²) in [6.07, 6.45) is 9.66. The van der Waals surface area contributed by atoms with E-state index in [9.17, 15) is 4.79 Å². The number of thiophene rings is 1. The fraction of sp³-hybridized carbons (Fsp3) is 0.167. The van der Waals surface area contributed by atoms with E-state index in [1.807, 2.05) is 18.3 Å². The Bertz CT molecular complexity index is 961. The quantitative estimate of drug-likeness (QED) is 0.369. The molecule has 0 spiro atoms. The summed E-state index contributed by atoms with van der Waals surface area (Å²) in [6, 6.07) is 6.26. The van der Waals surface area contributed by atoms with Crippen molar-refractivity contribution in [2.75, 3.05) is 0 Å². The number of aromatic nitrogens is 1. The Hall–Kier alpha value is -0.830. The average Bonchev–Trinajstić information content (AvgIpc) is 3.14. The molecule has 0 amide bonds. The molecule has 0 radical (unpaired) electrons. The zero-order valence-corrected chi connectivity index (χ0v) is 17.4. The van der Waals surface area contributed by atoms with Gasteiger partial charge in [0.05, 0.1) is 20.9 Å². The minimum absolute atomic E-state index is 0. The molecule has 122 valence electrons. The first-order valence-corrected chi connectivity index (χ1v) is 9.46. The molecule has 0 saturated carbocycles. The first kappa shape index (κ1) is 18.0. The molecule has 6 heteroatoms. The van der Waals surface area contributed by atoms with Gasteiger partial charge in [-0.2, -0.15) is 0 Å². The van der Waals surface area contributed by atoms with E-state index in [0.29, 0.717) is 12.3 Å². The Morgan fingerprint density at radius 1 is 1.38 bits per heavy atom. The number of hydrogen-bond donors (Lipinski definition) is 0. The topological polar surface area (TPSA) is 30.0 Å². The summed E-state index contributed by atoms with van der Waals surface area (Å²) in [5.74, 6) is 0.524. The van der Waals surface area contributed by atoms with E-state index in [2.05, 4.69) is 34.6 Å². The van der Waals surface area contributed by atoms with Crippen LogP contribution < -0.4 is 10.6 Å². The third kappa shape index (κ3) is 3.71. The lowest BCUT2D eigenvalue weighted by atomic mass is 9.93. The van der Waals surface area contributed by atoms with E-state index >= 15 is 0 Å². The van der Waals surface area contributed by atoms with E-state index < -0.39 is 0 Å². The van der Waals surface area contributed by atoms with E-state index in [1.165, 1.54) is 22.5 Å². The molecule has 0 N–H and O–H groups in total. The smallest absolute Gasteiger partial charge is 0.175 e. The summed E-state index contributed by atoms with van der Waals surface area (Å²) in [7, 11) is 0. The van der Waals surface area contributed by atoms with Crippen LogP contribution in [-0.4, -0.2) is 15.0 Å². The molecule has 2 aromatic heterocycles. The van der Waals surface area contributed by atoms with Crippen molar-refractivity contribution in [3.8, 4) is 0 Å². The average molecular weight is 483 g/mol. The summed E-state index contributed by atoms with van der Waals surface area (Å²) in [5.41, 5.74) is 1.30. The largest absolute Gasteiger partial charge is 0.293 e. The highest BCUT2D eigenvalue weighted by Crippen LogP contribution is 2.34. The second-order valence-corrected chi connectivity index (χ2v) is 8.39. The number of ketones is 1. The first-order valence-electron chi connectivity index (χ1n) is 7.36. The third-order valence-electron chi connectivity index (χ3n) is 3.96. The van der Waals surface area contributed by atoms with Gasteiger partial charge in [-0.15, -0.1) is 35.3 Å². The number of thiocarbonyl (C=S) groups is 1. The number of pyridine rings is 1. The lowest BCUT2D eigenvalue weighted by molar-refractivity contribution is -0.113. The lowest BCUT2D eigenvalue weighted by Gasteiger charge is -2.11. The molecule has 1 saturated heterocycles. The summed E-state index contributed by atoms with van der Waals surface area (Å²) < 4.78 is 0.775. The van der Waals surface area contributed by atoms with Crippen LogP contribution in [0.3, 0.4) is 0 Å².